The van der Waals surface area contributed by atoms with Gasteiger partial charge < -0.3 is 15.4 Å². The summed E-state index contributed by atoms with van der Waals surface area (Å²) in [4.78, 5) is 13.3. The lowest BCUT2D eigenvalue weighted by Crippen LogP contribution is -2.40. The Hall–Kier alpha value is -1.55. The zero-order chi connectivity index (χ0) is 13.0. The predicted molar refractivity (Wildman–Crippen MR) is 70.7 cm³/mol. The van der Waals surface area contributed by atoms with Crippen LogP contribution in [0.5, 0.6) is 5.75 Å². The standard InChI is InChI=1S/C14H20N2O2/c1-16-9-3-2-4-12(16)10-18-13-7-5-11(6-8-13)14(15)17/h5-8,12H,2-4,9-10H2,1H3,(H2,15,17). The first kappa shape index (κ1) is 12.9. The second kappa shape index (κ2) is 5.87. The minimum absolute atomic E-state index is 0.409. The molecule has 1 saturated heterocycles. The summed E-state index contributed by atoms with van der Waals surface area (Å²) in [6, 6.07) is 7.48. The van der Waals surface area contributed by atoms with Crippen LogP contribution in [0.3, 0.4) is 0 Å². The second-order valence-electron chi connectivity index (χ2n) is 4.83. The molecule has 1 aliphatic heterocycles. The molecule has 1 aromatic rings. The number of likely N-dealkylation sites (tertiary alicyclic amines) is 1. The summed E-state index contributed by atoms with van der Waals surface area (Å²) in [6.07, 6.45) is 3.75. The van der Waals surface area contributed by atoms with Gasteiger partial charge in [-0.15, -0.1) is 0 Å². The molecule has 0 saturated carbocycles. The summed E-state index contributed by atoms with van der Waals surface area (Å²) < 4.78 is 5.76. The SMILES string of the molecule is CN1CCCCC1COc1ccc(C(N)=O)cc1. The van der Waals surface area contributed by atoms with Gasteiger partial charge >= 0.3 is 0 Å². The molecule has 0 aromatic heterocycles. The minimum atomic E-state index is -0.409. The highest BCUT2D eigenvalue weighted by Crippen LogP contribution is 2.17. The largest absolute Gasteiger partial charge is 0.492 e. The topological polar surface area (TPSA) is 55.6 Å². The molecule has 1 heterocycles. The van der Waals surface area contributed by atoms with Crippen molar-refractivity contribution in [1.82, 2.24) is 4.90 Å². The van der Waals surface area contributed by atoms with Crippen LogP contribution in [0.4, 0.5) is 0 Å². The maximum absolute atomic E-state index is 10.9. The third-order valence-corrected chi connectivity index (χ3v) is 3.50. The summed E-state index contributed by atoms with van der Waals surface area (Å²) in [7, 11) is 2.14. The molecule has 1 fully saturated rings. The molecule has 2 rings (SSSR count). The van der Waals surface area contributed by atoms with Crippen molar-refractivity contribution in [3.8, 4) is 5.75 Å². The molecule has 18 heavy (non-hydrogen) atoms. The number of hydrogen-bond acceptors (Lipinski definition) is 3. The molecule has 1 amide bonds. The predicted octanol–water partition coefficient (Wildman–Crippen LogP) is 1.65. The molecule has 1 unspecified atom stereocenters. The third-order valence-electron chi connectivity index (χ3n) is 3.50. The quantitative estimate of drug-likeness (QED) is 0.881. The Morgan fingerprint density at radius 3 is 2.72 bits per heavy atom. The summed E-state index contributed by atoms with van der Waals surface area (Å²) in [5.41, 5.74) is 5.70. The van der Waals surface area contributed by atoms with E-state index in [1.807, 2.05) is 0 Å². The van der Waals surface area contributed by atoms with Gasteiger partial charge in [-0.05, 0) is 50.7 Å². The Balaban J connectivity index is 1.87. The molecule has 1 atom stereocenters. The molecule has 98 valence electrons. The van der Waals surface area contributed by atoms with Gasteiger partial charge in [0.05, 0.1) is 0 Å². The number of carbonyl (C=O) groups excluding carboxylic acids is 1. The Bertz CT molecular complexity index is 403. The van der Waals surface area contributed by atoms with E-state index in [-0.39, 0.29) is 0 Å². The van der Waals surface area contributed by atoms with Gasteiger partial charge in [0.2, 0.25) is 5.91 Å². The molecule has 0 bridgehead atoms. The number of likely N-dealkylation sites (N-methyl/N-ethyl adjacent to an activating group) is 1. The highest BCUT2D eigenvalue weighted by molar-refractivity contribution is 5.92. The van der Waals surface area contributed by atoms with Crippen LogP contribution in [0.2, 0.25) is 0 Å². The fourth-order valence-electron chi connectivity index (χ4n) is 2.26. The maximum Gasteiger partial charge on any atom is 0.248 e. The van der Waals surface area contributed by atoms with E-state index in [4.69, 9.17) is 10.5 Å². The van der Waals surface area contributed by atoms with Gasteiger partial charge in [0.1, 0.15) is 12.4 Å². The number of nitrogens with zero attached hydrogens (tertiary/aromatic N) is 1. The van der Waals surface area contributed by atoms with Crippen molar-refractivity contribution in [2.75, 3.05) is 20.2 Å². The van der Waals surface area contributed by atoms with Crippen molar-refractivity contribution in [1.29, 1.82) is 0 Å². The van der Waals surface area contributed by atoms with Gasteiger partial charge in [-0.3, -0.25) is 4.79 Å². The summed E-state index contributed by atoms with van der Waals surface area (Å²) in [5, 5.41) is 0. The van der Waals surface area contributed by atoms with Gasteiger partial charge in [0, 0.05) is 11.6 Å². The number of benzene rings is 1. The highest BCUT2D eigenvalue weighted by Gasteiger charge is 2.19. The van der Waals surface area contributed by atoms with Crippen molar-refractivity contribution in [3.63, 3.8) is 0 Å². The smallest absolute Gasteiger partial charge is 0.248 e. The van der Waals surface area contributed by atoms with E-state index in [1.165, 1.54) is 19.3 Å². The van der Waals surface area contributed by atoms with Crippen molar-refractivity contribution >= 4 is 5.91 Å². The first-order chi connectivity index (χ1) is 8.66. The second-order valence-corrected chi connectivity index (χ2v) is 4.83. The van der Waals surface area contributed by atoms with Crippen LogP contribution in [0.1, 0.15) is 29.6 Å². The number of hydrogen-bond donors (Lipinski definition) is 1. The molecule has 0 radical (unpaired) electrons. The number of primary amides is 1. The molecule has 1 aromatic carbocycles. The normalized spacial score (nSPS) is 20.6. The van der Waals surface area contributed by atoms with Crippen molar-refractivity contribution in [2.24, 2.45) is 5.73 Å². The first-order valence-electron chi connectivity index (χ1n) is 6.40. The summed E-state index contributed by atoms with van der Waals surface area (Å²) >= 11 is 0. The van der Waals surface area contributed by atoms with Crippen LogP contribution in [0, 0.1) is 0 Å². The van der Waals surface area contributed by atoms with Gasteiger partial charge in [-0.25, -0.2) is 0 Å². The zero-order valence-electron chi connectivity index (χ0n) is 10.8. The molecule has 4 heteroatoms. The third kappa shape index (κ3) is 3.23. The number of piperidine rings is 1. The van der Waals surface area contributed by atoms with Crippen LogP contribution in [0.25, 0.3) is 0 Å². The van der Waals surface area contributed by atoms with E-state index < -0.39 is 5.91 Å². The molecule has 1 aliphatic rings. The van der Waals surface area contributed by atoms with Crippen LogP contribution in [-0.2, 0) is 0 Å². The Morgan fingerprint density at radius 1 is 1.39 bits per heavy atom. The lowest BCUT2D eigenvalue weighted by Gasteiger charge is -2.32. The Morgan fingerprint density at radius 2 is 2.11 bits per heavy atom. The van der Waals surface area contributed by atoms with E-state index in [9.17, 15) is 4.79 Å². The number of rotatable bonds is 4. The molecular weight excluding hydrogens is 228 g/mol. The monoisotopic (exact) mass is 248 g/mol. The lowest BCUT2D eigenvalue weighted by atomic mass is 10.0. The van der Waals surface area contributed by atoms with Gasteiger partial charge in [0.25, 0.3) is 0 Å². The van der Waals surface area contributed by atoms with E-state index in [2.05, 4.69) is 11.9 Å². The number of ether oxygens (including phenoxy) is 1. The maximum atomic E-state index is 10.9. The number of amides is 1. The van der Waals surface area contributed by atoms with Crippen molar-refractivity contribution < 1.29 is 9.53 Å². The van der Waals surface area contributed by atoms with E-state index >= 15 is 0 Å². The highest BCUT2D eigenvalue weighted by atomic mass is 16.5. The number of nitrogens with two attached hydrogens (primary N) is 1. The van der Waals surface area contributed by atoms with E-state index in [0.717, 1.165) is 12.3 Å². The molecule has 0 spiro atoms. The molecule has 0 aliphatic carbocycles. The van der Waals surface area contributed by atoms with Crippen LogP contribution in [-0.4, -0.2) is 37.0 Å². The average molecular weight is 248 g/mol. The van der Waals surface area contributed by atoms with Gasteiger partial charge in [-0.1, -0.05) is 6.42 Å². The van der Waals surface area contributed by atoms with Gasteiger partial charge in [-0.2, -0.15) is 0 Å². The molecule has 2 N–H and O–H groups in total. The fourth-order valence-corrected chi connectivity index (χ4v) is 2.26. The molecular formula is C14H20N2O2. The minimum Gasteiger partial charge on any atom is -0.492 e. The van der Waals surface area contributed by atoms with E-state index in [0.29, 0.717) is 18.2 Å². The number of carbonyl (C=O) groups is 1. The van der Waals surface area contributed by atoms with Crippen LogP contribution >= 0.6 is 0 Å². The lowest BCUT2D eigenvalue weighted by molar-refractivity contribution is 0.1000. The average Bonchev–Trinajstić information content (AvgIpc) is 2.38. The summed E-state index contributed by atoms with van der Waals surface area (Å²) in [6.45, 7) is 1.85. The fraction of sp³-hybridized carbons (Fsp3) is 0.500. The van der Waals surface area contributed by atoms with E-state index in [1.54, 1.807) is 24.3 Å². The van der Waals surface area contributed by atoms with Crippen molar-refractivity contribution in [3.05, 3.63) is 29.8 Å². The Kier molecular flexibility index (Phi) is 4.20. The summed E-state index contributed by atoms with van der Waals surface area (Å²) in [5.74, 6) is 0.382. The first-order valence-corrected chi connectivity index (χ1v) is 6.40. The van der Waals surface area contributed by atoms with Crippen LogP contribution in [0.15, 0.2) is 24.3 Å². The van der Waals surface area contributed by atoms with Crippen molar-refractivity contribution in [2.45, 2.75) is 25.3 Å². The molecule has 4 nitrogen and oxygen atoms in total. The Labute approximate surface area is 108 Å². The van der Waals surface area contributed by atoms with Gasteiger partial charge in [0.15, 0.2) is 0 Å². The zero-order valence-corrected chi connectivity index (χ0v) is 10.8. The van der Waals surface area contributed by atoms with Crippen LogP contribution < -0.4 is 10.5 Å².